The second-order valence-corrected chi connectivity index (χ2v) is 10.4. The van der Waals surface area contributed by atoms with Gasteiger partial charge in [-0.3, -0.25) is 9.59 Å². The smallest absolute Gasteiger partial charge is 0.325 e. The number of aliphatic hydroxyl groups is 1. The molecule has 2 rings (SSSR count). The highest BCUT2D eigenvalue weighted by atomic mass is 35.5. The van der Waals surface area contributed by atoms with E-state index < -0.39 is 34.4 Å². The second kappa shape index (κ2) is 13.7. The highest BCUT2D eigenvalue weighted by Gasteiger charge is 2.36. The number of carbonyl (C=O) groups excluding carboxylic acids is 2. The fourth-order valence-electron chi connectivity index (χ4n) is 3.63. The molecule has 0 aliphatic rings. The molecule has 1 unspecified atom stereocenters. The maximum Gasteiger partial charge on any atom is 0.325 e. The van der Waals surface area contributed by atoms with Crippen molar-refractivity contribution in [1.29, 1.82) is 0 Å². The maximum absolute atomic E-state index is 13.3. The fraction of sp³-hybridized carbons (Fsp3) is 0.542. The number of rotatable bonds is 14. The second-order valence-electron chi connectivity index (χ2n) is 8.06. The molecule has 0 aliphatic carbocycles. The van der Waals surface area contributed by atoms with Gasteiger partial charge >= 0.3 is 11.9 Å². The van der Waals surface area contributed by atoms with Gasteiger partial charge in [-0.05, 0) is 38.0 Å². The van der Waals surface area contributed by atoms with E-state index in [4.69, 9.17) is 21.1 Å². The van der Waals surface area contributed by atoms with Gasteiger partial charge in [-0.15, -0.1) is 0 Å². The number of unbranched alkanes of at least 4 members (excludes halogenated alkanes) is 1. The predicted molar refractivity (Wildman–Crippen MR) is 134 cm³/mol. The molecule has 0 aliphatic heterocycles. The van der Waals surface area contributed by atoms with Crippen LogP contribution >= 0.6 is 11.6 Å². The van der Waals surface area contributed by atoms with Gasteiger partial charge in [0.05, 0.1) is 36.8 Å². The van der Waals surface area contributed by atoms with Crippen molar-refractivity contribution in [2.45, 2.75) is 70.5 Å². The summed E-state index contributed by atoms with van der Waals surface area (Å²) in [6.45, 7) is 5.49. The molecule has 0 saturated heterocycles. The molecule has 1 aromatic heterocycles. The van der Waals surface area contributed by atoms with Crippen LogP contribution in [0.5, 0.6) is 0 Å². The third kappa shape index (κ3) is 7.28. The first-order valence-corrected chi connectivity index (χ1v) is 13.7. The Morgan fingerprint density at radius 3 is 2.33 bits per heavy atom. The normalized spacial score (nSPS) is 12.5. The van der Waals surface area contributed by atoms with Crippen LogP contribution in [0.25, 0.3) is 0 Å². The SMILES string of the molecule is CCCCc1nc(Cl)c(CO)n1Cc1ccc(S(=O)(=O)N(C)C(CC(=O)OCC)C(=O)OCC)cc1. The van der Waals surface area contributed by atoms with Gasteiger partial charge in [-0.1, -0.05) is 37.1 Å². The minimum absolute atomic E-state index is 0.0368. The van der Waals surface area contributed by atoms with Crippen LogP contribution in [-0.4, -0.2) is 65.6 Å². The number of esters is 2. The van der Waals surface area contributed by atoms with Gasteiger partial charge in [-0.25, -0.2) is 13.4 Å². The Labute approximate surface area is 217 Å². The molecule has 0 fully saturated rings. The molecule has 36 heavy (non-hydrogen) atoms. The molecule has 1 aromatic carbocycles. The zero-order valence-corrected chi connectivity index (χ0v) is 22.6. The van der Waals surface area contributed by atoms with Crippen LogP contribution in [0.4, 0.5) is 0 Å². The first kappa shape index (κ1) is 29.8. The molecule has 2 aromatic rings. The molecule has 200 valence electrons. The van der Waals surface area contributed by atoms with Crippen LogP contribution in [-0.2, 0) is 48.7 Å². The molecular formula is C24H34ClN3O7S. The fourth-order valence-corrected chi connectivity index (χ4v) is 5.20. The number of ether oxygens (including phenoxy) is 2. The maximum atomic E-state index is 13.3. The van der Waals surface area contributed by atoms with Crippen molar-refractivity contribution in [1.82, 2.24) is 13.9 Å². The molecule has 1 atom stereocenters. The van der Waals surface area contributed by atoms with Gasteiger partial charge in [0.1, 0.15) is 11.9 Å². The Morgan fingerprint density at radius 2 is 1.78 bits per heavy atom. The van der Waals surface area contributed by atoms with Gasteiger partial charge in [0, 0.05) is 20.0 Å². The summed E-state index contributed by atoms with van der Waals surface area (Å²) in [6.07, 6.45) is 2.12. The summed E-state index contributed by atoms with van der Waals surface area (Å²) < 4.78 is 39.1. The first-order valence-electron chi connectivity index (χ1n) is 11.8. The number of aryl methyl sites for hydroxylation is 1. The monoisotopic (exact) mass is 543 g/mol. The van der Waals surface area contributed by atoms with E-state index in [0.717, 1.165) is 28.5 Å². The summed E-state index contributed by atoms with van der Waals surface area (Å²) in [6, 6.07) is 4.77. The zero-order valence-electron chi connectivity index (χ0n) is 21.1. The lowest BCUT2D eigenvalue weighted by Crippen LogP contribution is -2.44. The summed E-state index contributed by atoms with van der Waals surface area (Å²) in [7, 11) is -2.91. The van der Waals surface area contributed by atoms with Crippen molar-refractivity contribution < 1.29 is 32.6 Å². The quantitative estimate of drug-likeness (QED) is 0.360. The van der Waals surface area contributed by atoms with Crippen molar-refractivity contribution in [2.75, 3.05) is 20.3 Å². The van der Waals surface area contributed by atoms with Crippen molar-refractivity contribution >= 4 is 33.6 Å². The van der Waals surface area contributed by atoms with Crippen LogP contribution in [0.1, 0.15) is 57.1 Å². The van der Waals surface area contributed by atoms with Crippen molar-refractivity contribution in [3.05, 3.63) is 46.5 Å². The van der Waals surface area contributed by atoms with E-state index in [0.29, 0.717) is 18.7 Å². The van der Waals surface area contributed by atoms with E-state index in [1.54, 1.807) is 26.0 Å². The number of sulfonamides is 1. The van der Waals surface area contributed by atoms with E-state index in [9.17, 15) is 23.1 Å². The van der Waals surface area contributed by atoms with Crippen LogP contribution in [0.2, 0.25) is 5.15 Å². The van der Waals surface area contributed by atoms with Gasteiger partial charge in [0.25, 0.3) is 0 Å². The highest BCUT2D eigenvalue weighted by Crippen LogP contribution is 2.23. The third-order valence-corrected chi connectivity index (χ3v) is 7.79. The summed E-state index contributed by atoms with van der Waals surface area (Å²) in [5.41, 5.74) is 1.27. The Hall–Kier alpha value is -2.47. The van der Waals surface area contributed by atoms with Gasteiger partial charge in [0.2, 0.25) is 10.0 Å². The van der Waals surface area contributed by atoms with E-state index in [-0.39, 0.29) is 29.9 Å². The molecule has 12 heteroatoms. The van der Waals surface area contributed by atoms with Gasteiger partial charge < -0.3 is 19.1 Å². The number of hydrogen-bond donors (Lipinski definition) is 1. The largest absolute Gasteiger partial charge is 0.466 e. The molecular weight excluding hydrogens is 510 g/mol. The lowest BCUT2D eigenvalue weighted by molar-refractivity contribution is -0.154. The Kier molecular flexibility index (Phi) is 11.4. The minimum Gasteiger partial charge on any atom is -0.466 e. The standard InChI is InChI=1S/C24H34ClN3O7S/c1-5-8-9-21-26-23(25)20(16-29)28(21)15-17-10-12-18(13-11-17)36(32,33)27(4)19(24(31)35-7-3)14-22(30)34-6-2/h10-13,19,29H,5-9,14-16H2,1-4H3. The van der Waals surface area contributed by atoms with Crippen molar-refractivity contribution in [2.24, 2.45) is 0 Å². The van der Waals surface area contributed by atoms with E-state index in [1.807, 2.05) is 4.57 Å². The number of carbonyl (C=O) groups is 2. The van der Waals surface area contributed by atoms with Crippen LogP contribution < -0.4 is 0 Å². The molecule has 1 N–H and O–H groups in total. The number of benzene rings is 1. The highest BCUT2D eigenvalue weighted by molar-refractivity contribution is 7.89. The topological polar surface area (TPSA) is 128 Å². The minimum atomic E-state index is -4.14. The summed E-state index contributed by atoms with van der Waals surface area (Å²) in [5.74, 6) is -0.787. The van der Waals surface area contributed by atoms with Gasteiger partial charge in [-0.2, -0.15) is 4.31 Å². The molecule has 0 radical (unpaired) electrons. The van der Waals surface area contributed by atoms with Crippen LogP contribution in [0.3, 0.4) is 0 Å². The summed E-state index contributed by atoms with van der Waals surface area (Å²) in [4.78, 5) is 28.8. The lowest BCUT2D eigenvalue weighted by Gasteiger charge is -2.25. The van der Waals surface area contributed by atoms with E-state index in [1.165, 1.54) is 19.2 Å². The number of nitrogens with zero attached hydrogens (tertiary/aromatic N) is 3. The Morgan fingerprint density at radius 1 is 1.14 bits per heavy atom. The molecule has 0 saturated carbocycles. The predicted octanol–water partition coefficient (Wildman–Crippen LogP) is 2.93. The van der Waals surface area contributed by atoms with E-state index in [2.05, 4.69) is 11.9 Å². The number of imidazole rings is 1. The molecule has 1 heterocycles. The Bertz CT molecular complexity index is 1130. The van der Waals surface area contributed by atoms with Crippen molar-refractivity contribution in [3.8, 4) is 0 Å². The summed E-state index contributed by atoms with van der Waals surface area (Å²) >= 11 is 6.20. The van der Waals surface area contributed by atoms with Gasteiger partial charge in [0.15, 0.2) is 5.15 Å². The molecule has 0 bridgehead atoms. The van der Waals surface area contributed by atoms with Crippen LogP contribution in [0.15, 0.2) is 29.2 Å². The number of halogens is 1. The molecule has 10 nitrogen and oxygen atoms in total. The average Bonchev–Trinajstić information content (AvgIpc) is 3.14. The Balaban J connectivity index is 2.30. The number of aliphatic hydroxyl groups excluding tert-OH is 1. The first-order chi connectivity index (χ1) is 17.1. The lowest BCUT2D eigenvalue weighted by atomic mass is 10.2. The average molecular weight is 544 g/mol. The third-order valence-electron chi connectivity index (χ3n) is 5.61. The summed E-state index contributed by atoms with van der Waals surface area (Å²) in [5, 5.41) is 10.0. The van der Waals surface area contributed by atoms with Crippen molar-refractivity contribution in [3.63, 3.8) is 0 Å². The number of hydrogen-bond acceptors (Lipinski definition) is 8. The molecule has 0 spiro atoms. The zero-order chi connectivity index (χ0) is 26.9. The van der Waals surface area contributed by atoms with Crippen LogP contribution in [0, 0.1) is 0 Å². The molecule has 0 amide bonds. The number of aromatic nitrogens is 2. The number of likely N-dealkylation sites (N-methyl/N-ethyl adjacent to an activating group) is 1. The van der Waals surface area contributed by atoms with E-state index >= 15 is 0 Å².